The van der Waals surface area contributed by atoms with E-state index in [-0.39, 0.29) is 5.56 Å². The van der Waals surface area contributed by atoms with Gasteiger partial charge in [-0.05, 0) is 41.1 Å². The van der Waals surface area contributed by atoms with Gasteiger partial charge < -0.3 is 0 Å². The minimum absolute atomic E-state index is 0.273. The molecular weight excluding hydrogens is 273 g/mol. The highest BCUT2D eigenvalue weighted by Crippen LogP contribution is 2.30. The van der Waals surface area contributed by atoms with Gasteiger partial charge in [-0.15, -0.1) is 0 Å². The highest BCUT2D eigenvalue weighted by molar-refractivity contribution is 5.88. The topological polar surface area (TPSA) is 0 Å². The smallest absolute Gasteiger partial charge is 0.159 e. The first kappa shape index (κ1) is 13.7. The van der Waals surface area contributed by atoms with E-state index in [1.807, 2.05) is 19.1 Å². The maximum absolute atomic E-state index is 14.7. The average Bonchev–Trinajstić information content (AvgIpc) is 2.50. The summed E-state index contributed by atoms with van der Waals surface area (Å²) in [6.45, 7) is 2.00. The molecule has 0 spiro atoms. The van der Waals surface area contributed by atoms with E-state index >= 15 is 0 Å². The molecule has 106 valence electrons. The maximum Gasteiger partial charge on any atom is 0.159 e. The first-order valence-electron chi connectivity index (χ1n) is 6.76. The van der Waals surface area contributed by atoms with E-state index in [1.54, 1.807) is 18.2 Å². The Hall–Kier alpha value is -2.29. The molecule has 0 bridgehead atoms. The number of halogens is 3. The largest absolute Gasteiger partial charge is 0.206 e. The quantitative estimate of drug-likeness (QED) is 0.584. The third-order valence-electron chi connectivity index (χ3n) is 3.66. The van der Waals surface area contributed by atoms with Crippen LogP contribution in [0.2, 0.25) is 0 Å². The molecule has 3 aromatic carbocycles. The Bertz CT molecular complexity index is 822. The van der Waals surface area contributed by atoms with Crippen molar-refractivity contribution in [1.29, 1.82) is 0 Å². The van der Waals surface area contributed by atoms with Crippen molar-refractivity contribution in [2.24, 2.45) is 0 Å². The molecule has 0 saturated heterocycles. The standard InChI is InChI=1S/C18H13F3/c1-2-11-3-4-12-5-7-14(18(21)15(12)9-11)13-6-8-16(19)17(20)10-13/h3-10H,2H2,1H3. The molecule has 0 unspecified atom stereocenters. The summed E-state index contributed by atoms with van der Waals surface area (Å²) in [6, 6.07) is 12.4. The van der Waals surface area contributed by atoms with E-state index in [9.17, 15) is 13.2 Å². The Labute approximate surface area is 120 Å². The van der Waals surface area contributed by atoms with Gasteiger partial charge in [0.05, 0.1) is 0 Å². The first-order valence-corrected chi connectivity index (χ1v) is 6.76. The normalized spacial score (nSPS) is 11.0. The summed E-state index contributed by atoms with van der Waals surface area (Å²) in [5.41, 5.74) is 1.63. The van der Waals surface area contributed by atoms with Crippen LogP contribution in [0.1, 0.15) is 12.5 Å². The van der Waals surface area contributed by atoms with Crippen LogP contribution in [0.5, 0.6) is 0 Å². The number of aryl methyl sites for hydroxylation is 1. The predicted octanol–water partition coefficient (Wildman–Crippen LogP) is 5.49. The molecule has 0 saturated carbocycles. The number of rotatable bonds is 2. The van der Waals surface area contributed by atoms with Crippen molar-refractivity contribution < 1.29 is 13.2 Å². The van der Waals surface area contributed by atoms with Crippen LogP contribution >= 0.6 is 0 Å². The summed E-state index contributed by atoms with van der Waals surface area (Å²) in [4.78, 5) is 0. The number of hydrogen-bond acceptors (Lipinski definition) is 0. The molecule has 0 nitrogen and oxygen atoms in total. The average molecular weight is 286 g/mol. The van der Waals surface area contributed by atoms with Gasteiger partial charge >= 0.3 is 0 Å². The van der Waals surface area contributed by atoms with Crippen LogP contribution in [-0.2, 0) is 6.42 Å². The Balaban J connectivity index is 2.23. The van der Waals surface area contributed by atoms with E-state index in [4.69, 9.17) is 0 Å². The maximum atomic E-state index is 14.7. The molecule has 0 radical (unpaired) electrons. The monoisotopic (exact) mass is 286 g/mol. The number of benzene rings is 3. The summed E-state index contributed by atoms with van der Waals surface area (Å²) in [5, 5.41) is 1.28. The minimum atomic E-state index is -0.977. The van der Waals surface area contributed by atoms with Gasteiger partial charge in [0, 0.05) is 10.9 Å². The lowest BCUT2D eigenvalue weighted by Gasteiger charge is -2.09. The van der Waals surface area contributed by atoms with Gasteiger partial charge in [-0.1, -0.05) is 37.3 Å². The molecule has 0 aromatic heterocycles. The second-order valence-corrected chi connectivity index (χ2v) is 4.97. The van der Waals surface area contributed by atoms with E-state index < -0.39 is 17.5 Å². The van der Waals surface area contributed by atoms with Crippen molar-refractivity contribution in [2.75, 3.05) is 0 Å². The van der Waals surface area contributed by atoms with Gasteiger partial charge in [0.1, 0.15) is 5.82 Å². The van der Waals surface area contributed by atoms with Crippen molar-refractivity contribution in [1.82, 2.24) is 0 Å². The first-order chi connectivity index (χ1) is 10.1. The molecule has 0 N–H and O–H groups in total. The van der Waals surface area contributed by atoms with Gasteiger partial charge in [0.25, 0.3) is 0 Å². The summed E-state index contributed by atoms with van der Waals surface area (Å²) < 4.78 is 41.0. The number of fused-ring (bicyclic) bond motifs is 1. The molecule has 3 heteroatoms. The van der Waals surface area contributed by atoms with Crippen molar-refractivity contribution in [3.05, 3.63) is 71.5 Å². The van der Waals surface area contributed by atoms with Crippen LogP contribution in [0.4, 0.5) is 13.2 Å². The van der Waals surface area contributed by atoms with Crippen molar-refractivity contribution in [3.8, 4) is 11.1 Å². The number of hydrogen-bond donors (Lipinski definition) is 0. The Morgan fingerprint density at radius 3 is 2.29 bits per heavy atom. The SMILES string of the molecule is CCc1ccc2ccc(-c3ccc(F)c(F)c3)c(F)c2c1. The van der Waals surface area contributed by atoms with Crippen molar-refractivity contribution >= 4 is 10.8 Å². The highest BCUT2D eigenvalue weighted by Gasteiger charge is 2.12. The minimum Gasteiger partial charge on any atom is -0.206 e. The van der Waals surface area contributed by atoms with Gasteiger partial charge in [-0.25, -0.2) is 13.2 Å². The Morgan fingerprint density at radius 1 is 0.810 bits per heavy atom. The van der Waals surface area contributed by atoms with Gasteiger partial charge in [0.2, 0.25) is 0 Å². The third kappa shape index (κ3) is 2.40. The molecule has 0 fully saturated rings. The fourth-order valence-electron chi connectivity index (χ4n) is 2.44. The fraction of sp³-hybridized carbons (Fsp3) is 0.111. The Morgan fingerprint density at radius 2 is 1.57 bits per heavy atom. The van der Waals surface area contributed by atoms with Crippen LogP contribution in [0.15, 0.2) is 48.5 Å². The molecule has 0 amide bonds. The summed E-state index contributed by atoms with van der Waals surface area (Å²) in [5.74, 6) is -2.32. The van der Waals surface area contributed by atoms with Crippen LogP contribution < -0.4 is 0 Å². The van der Waals surface area contributed by atoms with Gasteiger partial charge in [0.15, 0.2) is 11.6 Å². The molecule has 3 rings (SSSR count). The van der Waals surface area contributed by atoms with Crippen molar-refractivity contribution in [2.45, 2.75) is 13.3 Å². The lowest BCUT2D eigenvalue weighted by Crippen LogP contribution is -1.91. The molecule has 3 aromatic rings. The second kappa shape index (κ2) is 5.24. The summed E-state index contributed by atoms with van der Waals surface area (Å²) >= 11 is 0. The summed E-state index contributed by atoms with van der Waals surface area (Å²) in [6.07, 6.45) is 0.810. The molecular formula is C18H13F3. The van der Waals surface area contributed by atoms with E-state index in [1.165, 1.54) is 6.07 Å². The highest BCUT2D eigenvalue weighted by atomic mass is 19.2. The molecule has 0 aliphatic rings. The molecule has 0 aliphatic carbocycles. The van der Waals surface area contributed by atoms with Crippen LogP contribution in [-0.4, -0.2) is 0 Å². The van der Waals surface area contributed by atoms with Gasteiger partial charge in [-0.3, -0.25) is 0 Å². The lowest BCUT2D eigenvalue weighted by molar-refractivity contribution is 0.509. The zero-order valence-corrected chi connectivity index (χ0v) is 11.5. The van der Waals surface area contributed by atoms with E-state index in [0.29, 0.717) is 10.9 Å². The van der Waals surface area contributed by atoms with Crippen LogP contribution in [0, 0.1) is 17.5 Å². The van der Waals surface area contributed by atoms with Crippen LogP contribution in [0.25, 0.3) is 21.9 Å². The molecule has 0 heterocycles. The zero-order chi connectivity index (χ0) is 15.0. The zero-order valence-electron chi connectivity index (χ0n) is 11.5. The second-order valence-electron chi connectivity index (χ2n) is 4.97. The van der Waals surface area contributed by atoms with E-state index in [2.05, 4.69) is 0 Å². The van der Waals surface area contributed by atoms with E-state index in [0.717, 1.165) is 29.5 Å². The Kier molecular flexibility index (Phi) is 3.42. The molecule has 21 heavy (non-hydrogen) atoms. The summed E-state index contributed by atoms with van der Waals surface area (Å²) in [7, 11) is 0. The lowest BCUT2D eigenvalue weighted by atomic mass is 9.98. The van der Waals surface area contributed by atoms with Crippen molar-refractivity contribution in [3.63, 3.8) is 0 Å². The molecule has 0 aliphatic heterocycles. The fourth-order valence-corrected chi connectivity index (χ4v) is 2.44. The molecule has 0 atom stereocenters. The van der Waals surface area contributed by atoms with Gasteiger partial charge in [-0.2, -0.15) is 0 Å². The van der Waals surface area contributed by atoms with Crippen LogP contribution in [0.3, 0.4) is 0 Å². The predicted molar refractivity (Wildman–Crippen MR) is 78.6 cm³/mol. The third-order valence-corrected chi connectivity index (χ3v) is 3.66.